The van der Waals surface area contributed by atoms with Gasteiger partial charge in [0.2, 0.25) is 5.91 Å². The van der Waals surface area contributed by atoms with Crippen molar-refractivity contribution >= 4 is 33.1 Å². The van der Waals surface area contributed by atoms with Crippen molar-refractivity contribution in [2.75, 3.05) is 18.1 Å². The van der Waals surface area contributed by atoms with E-state index in [-0.39, 0.29) is 12.5 Å². The summed E-state index contributed by atoms with van der Waals surface area (Å²) in [4.78, 5) is 14.8. The molecule has 0 atom stereocenters. The topological polar surface area (TPSA) is 45.5 Å². The van der Waals surface area contributed by atoms with Crippen LogP contribution in [0.25, 0.3) is 10.2 Å². The first kappa shape index (κ1) is 17.7. The maximum absolute atomic E-state index is 13.0. The van der Waals surface area contributed by atoms with Gasteiger partial charge in [-0.05, 0) is 61.9 Å². The zero-order chi connectivity index (χ0) is 17.8. The number of aliphatic hydroxyl groups excluding tert-OH is 1. The molecule has 132 valence electrons. The van der Waals surface area contributed by atoms with Crippen LogP contribution in [0.4, 0.5) is 5.69 Å². The standard InChI is InChI=1S/C20H24N2O2S/c1-3-21(17-8-4-6-16(13-17)7-5-10-23)20(24)14-22-15(2)12-19-18(22)9-11-25-19/h4,6,8-9,11-13,23H,3,5,7,10,14H2,1-2H3. The summed E-state index contributed by atoms with van der Waals surface area (Å²) in [6, 6.07) is 12.3. The summed E-state index contributed by atoms with van der Waals surface area (Å²) in [5.74, 6) is 0.0913. The molecule has 0 saturated carbocycles. The van der Waals surface area contributed by atoms with Gasteiger partial charge in [0, 0.05) is 24.5 Å². The average molecular weight is 356 g/mol. The van der Waals surface area contributed by atoms with Crippen molar-refractivity contribution < 1.29 is 9.90 Å². The normalized spacial score (nSPS) is 11.2. The maximum Gasteiger partial charge on any atom is 0.246 e. The summed E-state index contributed by atoms with van der Waals surface area (Å²) in [5, 5.41) is 11.1. The first-order valence-electron chi connectivity index (χ1n) is 8.67. The van der Waals surface area contributed by atoms with Crippen molar-refractivity contribution in [2.45, 2.75) is 33.2 Å². The quantitative estimate of drug-likeness (QED) is 0.696. The van der Waals surface area contributed by atoms with Gasteiger partial charge in [0.15, 0.2) is 0 Å². The Balaban J connectivity index is 1.82. The van der Waals surface area contributed by atoms with E-state index in [1.54, 1.807) is 11.3 Å². The molecular formula is C20H24N2O2S. The molecule has 0 saturated heterocycles. The number of hydrogen-bond donors (Lipinski definition) is 1. The van der Waals surface area contributed by atoms with Crippen LogP contribution >= 0.6 is 11.3 Å². The van der Waals surface area contributed by atoms with Gasteiger partial charge >= 0.3 is 0 Å². The van der Waals surface area contributed by atoms with Crippen LogP contribution in [0.2, 0.25) is 0 Å². The number of carbonyl (C=O) groups is 1. The van der Waals surface area contributed by atoms with Gasteiger partial charge < -0.3 is 14.6 Å². The summed E-state index contributed by atoms with van der Waals surface area (Å²) in [7, 11) is 0. The molecule has 0 aliphatic rings. The third-order valence-electron chi connectivity index (χ3n) is 4.49. The predicted molar refractivity (Wildman–Crippen MR) is 104 cm³/mol. The number of aliphatic hydroxyl groups is 1. The number of anilines is 1. The Hall–Kier alpha value is -2.11. The number of aromatic nitrogens is 1. The molecule has 2 aromatic heterocycles. The Morgan fingerprint density at radius 2 is 2.12 bits per heavy atom. The molecule has 1 amide bonds. The van der Waals surface area contributed by atoms with Crippen molar-refractivity contribution in [2.24, 2.45) is 0 Å². The van der Waals surface area contributed by atoms with Crippen molar-refractivity contribution in [3.8, 4) is 0 Å². The molecule has 1 aromatic carbocycles. The van der Waals surface area contributed by atoms with Crippen LogP contribution in [0.15, 0.2) is 41.8 Å². The molecule has 0 aliphatic carbocycles. The number of nitrogens with zero attached hydrogens (tertiary/aromatic N) is 2. The molecule has 5 heteroatoms. The molecule has 0 fully saturated rings. The molecule has 1 N–H and O–H groups in total. The number of amides is 1. The van der Waals surface area contributed by atoms with Crippen molar-refractivity contribution in [1.82, 2.24) is 4.57 Å². The summed E-state index contributed by atoms with van der Waals surface area (Å²) < 4.78 is 3.31. The number of carbonyl (C=O) groups excluding carboxylic acids is 1. The second kappa shape index (κ2) is 7.85. The van der Waals surface area contributed by atoms with Crippen LogP contribution in [0, 0.1) is 6.92 Å². The fourth-order valence-electron chi connectivity index (χ4n) is 3.20. The number of fused-ring (bicyclic) bond motifs is 1. The smallest absolute Gasteiger partial charge is 0.246 e. The van der Waals surface area contributed by atoms with E-state index >= 15 is 0 Å². The summed E-state index contributed by atoms with van der Waals surface area (Å²) >= 11 is 1.70. The Morgan fingerprint density at radius 1 is 1.28 bits per heavy atom. The molecule has 3 rings (SSSR count). The molecule has 25 heavy (non-hydrogen) atoms. The first-order valence-corrected chi connectivity index (χ1v) is 9.55. The molecule has 0 unspecified atom stereocenters. The fraction of sp³-hybridized carbons (Fsp3) is 0.350. The Labute approximate surface area is 152 Å². The van der Waals surface area contributed by atoms with Gasteiger partial charge in [-0.1, -0.05) is 12.1 Å². The van der Waals surface area contributed by atoms with Crippen molar-refractivity contribution in [3.05, 3.63) is 53.0 Å². The Kier molecular flexibility index (Phi) is 5.56. The van der Waals surface area contributed by atoms with E-state index in [9.17, 15) is 4.79 Å². The minimum absolute atomic E-state index is 0.0913. The molecule has 0 spiro atoms. The number of thiophene rings is 1. The van der Waals surface area contributed by atoms with Gasteiger partial charge in [-0.15, -0.1) is 11.3 Å². The maximum atomic E-state index is 13.0. The fourth-order valence-corrected chi connectivity index (χ4v) is 4.08. The number of hydrogen-bond acceptors (Lipinski definition) is 3. The van der Waals surface area contributed by atoms with Crippen LogP contribution in [0.5, 0.6) is 0 Å². The summed E-state index contributed by atoms with van der Waals surface area (Å²) in [6.07, 6.45) is 1.56. The molecule has 4 nitrogen and oxygen atoms in total. The van der Waals surface area contributed by atoms with Gasteiger partial charge in [-0.25, -0.2) is 0 Å². The molecular weight excluding hydrogens is 332 g/mol. The molecule has 0 radical (unpaired) electrons. The second-order valence-electron chi connectivity index (χ2n) is 6.18. The number of likely N-dealkylation sites (N-methyl/N-ethyl adjacent to an activating group) is 1. The second-order valence-corrected chi connectivity index (χ2v) is 7.12. The van der Waals surface area contributed by atoms with E-state index in [4.69, 9.17) is 5.11 Å². The summed E-state index contributed by atoms with van der Waals surface area (Å²) in [6.45, 7) is 5.22. The highest BCUT2D eigenvalue weighted by Gasteiger charge is 2.17. The van der Waals surface area contributed by atoms with Crippen LogP contribution < -0.4 is 4.90 Å². The van der Waals surface area contributed by atoms with E-state index in [0.717, 1.165) is 35.3 Å². The largest absolute Gasteiger partial charge is 0.396 e. The van der Waals surface area contributed by atoms with Gasteiger partial charge in [0.05, 0.1) is 10.2 Å². The number of rotatable bonds is 7. The Bertz CT molecular complexity index is 866. The molecule has 0 bridgehead atoms. The van der Waals surface area contributed by atoms with Crippen molar-refractivity contribution in [3.63, 3.8) is 0 Å². The van der Waals surface area contributed by atoms with Gasteiger partial charge in [0.25, 0.3) is 0 Å². The third kappa shape index (κ3) is 3.78. The number of aryl methyl sites for hydroxylation is 2. The molecule has 2 heterocycles. The highest BCUT2D eigenvalue weighted by atomic mass is 32.1. The van der Waals surface area contributed by atoms with E-state index < -0.39 is 0 Å². The molecule has 0 aliphatic heterocycles. The first-order chi connectivity index (χ1) is 12.1. The van der Waals surface area contributed by atoms with Gasteiger partial charge in [-0.2, -0.15) is 0 Å². The summed E-state index contributed by atoms with van der Waals surface area (Å²) in [5.41, 5.74) is 4.32. The van der Waals surface area contributed by atoms with E-state index in [1.807, 2.05) is 36.9 Å². The van der Waals surface area contributed by atoms with E-state index in [1.165, 1.54) is 4.70 Å². The monoisotopic (exact) mass is 356 g/mol. The minimum Gasteiger partial charge on any atom is -0.396 e. The van der Waals surface area contributed by atoms with Crippen LogP contribution in [0.1, 0.15) is 24.6 Å². The van der Waals surface area contributed by atoms with E-state index in [2.05, 4.69) is 28.1 Å². The van der Waals surface area contributed by atoms with E-state index in [0.29, 0.717) is 13.1 Å². The lowest BCUT2D eigenvalue weighted by molar-refractivity contribution is -0.119. The lowest BCUT2D eigenvalue weighted by Gasteiger charge is -2.22. The minimum atomic E-state index is 0.0913. The zero-order valence-corrected chi connectivity index (χ0v) is 15.6. The predicted octanol–water partition coefficient (Wildman–Crippen LogP) is 3.99. The average Bonchev–Trinajstić information content (AvgIpc) is 3.17. The lowest BCUT2D eigenvalue weighted by Crippen LogP contribution is -2.33. The van der Waals surface area contributed by atoms with Crippen LogP contribution in [-0.4, -0.2) is 28.7 Å². The van der Waals surface area contributed by atoms with Crippen molar-refractivity contribution in [1.29, 1.82) is 0 Å². The van der Waals surface area contributed by atoms with Gasteiger partial charge in [-0.3, -0.25) is 4.79 Å². The SMILES string of the molecule is CCN(C(=O)Cn1c(C)cc2sccc21)c1cccc(CCCO)c1. The van der Waals surface area contributed by atoms with Crippen LogP contribution in [-0.2, 0) is 17.8 Å². The third-order valence-corrected chi connectivity index (χ3v) is 5.34. The highest BCUT2D eigenvalue weighted by molar-refractivity contribution is 7.17. The molecule has 3 aromatic rings. The lowest BCUT2D eigenvalue weighted by atomic mass is 10.1. The van der Waals surface area contributed by atoms with Gasteiger partial charge in [0.1, 0.15) is 6.54 Å². The zero-order valence-electron chi connectivity index (χ0n) is 14.7. The Morgan fingerprint density at radius 3 is 2.88 bits per heavy atom. The highest BCUT2D eigenvalue weighted by Crippen LogP contribution is 2.25. The van der Waals surface area contributed by atoms with Crippen LogP contribution in [0.3, 0.4) is 0 Å². The number of benzene rings is 1.